The molecular formula is C11H5ClNO3. The number of halogens is 1. The Morgan fingerprint density at radius 2 is 2.12 bits per heavy atom. The normalized spacial score (nSPS) is 11.1. The topological polar surface area (TPSA) is 59.1 Å². The minimum Gasteiger partial charge on any atom is -0.472 e. The summed E-state index contributed by atoms with van der Waals surface area (Å²) >= 11 is 5.83. The number of fused-ring (bicyclic) bond motifs is 1. The van der Waals surface area contributed by atoms with E-state index in [2.05, 4.69) is 5.16 Å². The summed E-state index contributed by atoms with van der Waals surface area (Å²) in [6.07, 6.45) is 3.09. The maximum atomic E-state index is 11.3. The molecule has 0 atom stereocenters. The number of nitrogens with zero attached hydrogens (tertiary/aromatic N) is 1. The molecule has 0 aliphatic rings. The maximum absolute atomic E-state index is 11.3. The van der Waals surface area contributed by atoms with Gasteiger partial charge in [0.25, 0.3) is 0 Å². The quantitative estimate of drug-likeness (QED) is 0.642. The largest absolute Gasteiger partial charge is 0.472 e. The molecule has 5 heteroatoms. The molecule has 2 aromatic heterocycles. The second-order valence-corrected chi connectivity index (χ2v) is 3.68. The fraction of sp³-hybridized carbons (Fsp3) is 0. The van der Waals surface area contributed by atoms with Gasteiger partial charge < -0.3 is 8.94 Å². The Bertz CT molecular complexity index is 643. The summed E-state index contributed by atoms with van der Waals surface area (Å²) in [5, 5.41) is 15.9. The molecule has 0 spiro atoms. The number of hydrogen-bond donors (Lipinski definition) is 0. The summed E-state index contributed by atoms with van der Waals surface area (Å²) in [6, 6.07) is 4.80. The molecule has 3 aromatic rings. The third-order valence-electron chi connectivity index (χ3n) is 2.34. The highest BCUT2D eigenvalue weighted by Crippen LogP contribution is 2.37. The van der Waals surface area contributed by atoms with Crippen LogP contribution in [0.3, 0.4) is 0 Å². The zero-order valence-corrected chi connectivity index (χ0v) is 8.69. The van der Waals surface area contributed by atoms with Crippen LogP contribution in [0.4, 0.5) is 0 Å². The van der Waals surface area contributed by atoms with Gasteiger partial charge in [-0.2, -0.15) is 0 Å². The van der Waals surface area contributed by atoms with E-state index in [0.29, 0.717) is 16.7 Å². The van der Waals surface area contributed by atoms with Gasteiger partial charge in [0.05, 0.1) is 17.9 Å². The van der Waals surface area contributed by atoms with Gasteiger partial charge in [-0.25, -0.2) is 0 Å². The number of benzene rings is 1. The Hall–Kier alpha value is -1.94. The Balaban J connectivity index is 2.34. The first-order valence-corrected chi connectivity index (χ1v) is 4.92. The third kappa shape index (κ3) is 1.20. The van der Waals surface area contributed by atoms with E-state index in [-0.39, 0.29) is 10.8 Å². The first-order chi connectivity index (χ1) is 7.77. The van der Waals surface area contributed by atoms with Crippen LogP contribution < -0.4 is 0 Å². The molecule has 2 heterocycles. The van der Waals surface area contributed by atoms with Crippen LogP contribution in [0.25, 0.3) is 22.2 Å². The number of hydrogen-bond acceptors (Lipinski definition) is 3. The predicted octanol–water partition coefficient (Wildman–Crippen LogP) is 3.89. The minimum atomic E-state index is -0.274. The molecule has 0 unspecified atom stereocenters. The van der Waals surface area contributed by atoms with Gasteiger partial charge in [0.15, 0.2) is 5.58 Å². The van der Waals surface area contributed by atoms with Gasteiger partial charge in [-0.3, -0.25) is 5.11 Å². The van der Waals surface area contributed by atoms with Gasteiger partial charge in [0.1, 0.15) is 10.7 Å². The molecule has 16 heavy (non-hydrogen) atoms. The number of rotatable bonds is 1. The maximum Gasteiger partial charge on any atom is 0.201 e. The summed E-state index contributed by atoms with van der Waals surface area (Å²) < 4.78 is 10.0. The SMILES string of the molecule is [O]c1ccc2c(-c3ccoc3)noc2c1Cl. The highest BCUT2D eigenvalue weighted by molar-refractivity contribution is 6.36. The third-order valence-corrected chi connectivity index (χ3v) is 2.70. The van der Waals surface area contributed by atoms with Crippen molar-refractivity contribution in [1.29, 1.82) is 0 Å². The van der Waals surface area contributed by atoms with E-state index < -0.39 is 0 Å². The molecular weight excluding hydrogens is 230 g/mol. The predicted molar refractivity (Wildman–Crippen MR) is 56.9 cm³/mol. The Labute approximate surface area is 95.0 Å². The highest BCUT2D eigenvalue weighted by atomic mass is 35.5. The standard InChI is InChI=1S/C11H5ClNO3/c12-9-8(14)2-1-7-10(13-16-11(7)9)6-3-4-15-5-6/h1-5H. The van der Waals surface area contributed by atoms with Crippen molar-refractivity contribution in [3.8, 4) is 17.0 Å². The average molecular weight is 235 g/mol. The van der Waals surface area contributed by atoms with Gasteiger partial charge in [-0.1, -0.05) is 16.8 Å². The van der Waals surface area contributed by atoms with Crippen LogP contribution in [0.2, 0.25) is 5.02 Å². The van der Waals surface area contributed by atoms with Crippen LogP contribution in [-0.4, -0.2) is 5.16 Å². The lowest BCUT2D eigenvalue weighted by atomic mass is 10.1. The molecule has 0 saturated carbocycles. The zero-order chi connectivity index (χ0) is 11.1. The summed E-state index contributed by atoms with van der Waals surface area (Å²) in [4.78, 5) is 0. The molecule has 0 aliphatic heterocycles. The second kappa shape index (κ2) is 3.28. The van der Waals surface area contributed by atoms with Crippen molar-refractivity contribution in [1.82, 2.24) is 5.16 Å². The second-order valence-electron chi connectivity index (χ2n) is 3.30. The highest BCUT2D eigenvalue weighted by Gasteiger charge is 2.16. The molecule has 0 aliphatic carbocycles. The monoisotopic (exact) mass is 234 g/mol. The van der Waals surface area contributed by atoms with Crippen LogP contribution in [0.5, 0.6) is 5.75 Å². The molecule has 0 saturated heterocycles. The molecule has 1 aromatic carbocycles. The van der Waals surface area contributed by atoms with Gasteiger partial charge in [-0.05, 0) is 18.2 Å². The summed E-state index contributed by atoms with van der Waals surface area (Å²) in [5.74, 6) is -0.274. The molecule has 79 valence electrons. The van der Waals surface area contributed by atoms with Crippen molar-refractivity contribution < 1.29 is 14.0 Å². The van der Waals surface area contributed by atoms with Crippen LogP contribution in [0, 0.1) is 0 Å². The average Bonchev–Trinajstić information content (AvgIpc) is 2.91. The minimum absolute atomic E-state index is 0.0553. The van der Waals surface area contributed by atoms with E-state index in [1.807, 2.05) is 0 Å². The van der Waals surface area contributed by atoms with Gasteiger partial charge >= 0.3 is 0 Å². The Kier molecular flexibility index (Phi) is 1.91. The van der Waals surface area contributed by atoms with Crippen molar-refractivity contribution >= 4 is 22.6 Å². The molecule has 4 nitrogen and oxygen atoms in total. The zero-order valence-electron chi connectivity index (χ0n) is 7.94. The van der Waals surface area contributed by atoms with Crippen molar-refractivity contribution in [2.24, 2.45) is 0 Å². The van der Waals surface area contributed by atoms with Gasteiger partial charge in [0.2, 0.25) is 5.75 Å². The fourth-order valence-corrected chi connectivity index (χ4v) is 1.76. The Morgan fingerprint density at radius 1 is 1.25 bits per heavy atom. The molecule has 3 rings (SSSR count). The lowest BCUT2D eigenvalue weighted by Crippen LogP contribution is -1.73. The lowest BCUT2D eigenvalue weighted by molar-refractivity contribution is 0.354. The van der Waals surface area contributed by atoms with E-state index >= 15 is 0 Å². The first kappa shape index (κ1) is 9.30. The van der Waals surface area contributed by atoms with Crippen LogP contribution in [0.1, 0.15) is 0 Å². The fourth-order valence-electron chi connectivity index (χ4n) is 1.56. The van der Waals surface area contributed by atoms with Crippen LogP contribution >= 0.6 is 11.6 Å². The van der Waals surface area contributed by atoms with Gasteiger partial charge in [0, 0.05) is 5.56 Å². The lowest BCUT2D eigenvalue weighted by Gasteiger charge is -1.93. The molecule has 0 amide bonds. The van der Waals surface area contributed by atoms with Crippen molar-refractivity contribution in [2.45, 2.75) is 0 Å². The van der Waals surface area contributed by atoms with E-state index in [1.54, 1.807) is 24.7 Å². The van der Waals surface area contributed by atoms with Crippen LogP contribution in [0.15, 0.2) is 39.7 Å². The molecule has 0 fully saturated rings. The van der Waals surface area contributed by atoms with Crippen LogP contribution in [-0.2, 0) is 5.11 Å². The first-order valence-electron chi connectivity index (χ1n) is 4.55. The van der Waals surface area contributed by atoms with Crippen molar-refractivity contribution in [3.63, 3.8) is 0 Å². The van der Waals surface area contributed by atoms with Gasteiger partial charge in [-0.15, -0.1) is 0 Å². The number of furan rings is 1. The summed E-state index contributed by atoms with van der Waals surface area (Å²) in [6.45, 7) is 0. The molecule has 1 radical (unpaired) electrons. The smallest absolute Gasteiger partial charge is 0.201 e. The van der Waals surface area contributed by atoms with Crippen molar-refractivity contribution in [3.05, 3.63) is 35.7 Å². The Morgan fingerprint density at radius 3 is 2.88 bits per heavy atom. The summed E-state index contributed by atoms with van der Waals surface area (Å²) in [5.41, 5.74) is 1.71. The molecule has 0 N–H and O–H groups in total. The summed E-state index contributed by atoms with van der Waals surface area (Å²) in [7, 11) is 0. The van der Waals surface area contributed by atoms with E-state index in [4.69, 9.17) is 20.5 Å². The van der Waals surface area contributed by atoms with E-state index in [9.17, 15) is 5.11 Å². The van der Waals surface area contributed by atoms with E-state index in [1.165, 1.54) is 6.07 Å². The molecule has 0 bridgehead atoms. The number of aromatic nitrogens is 1. The van der Waals surface area contributed by atoms with E-state index in [0.717, 1.165) is 5.56 Å². The van der Waals surface area contributed by atoms with Crippen molar-refractivity contribution in [2.75, 3.05) is 0 Å².